The van der Waals surface area contributed by atoms with Crippen molar-refractivity contribution in [3.05, 3.63) is 0 Å². The molecule has 0 saturated heterocycles. The first-order valence-corrected chi connectivity index (χ1v) is 2.04. The fourth-order valence-corrected chi connectivity index (χ4v) is 0.311. The minimum Gasteiger partial charge on any atom is -0.365 e. The maximum Gasteiger partial charge on any atom is 0.165 e. The summed E-state index contributed by atoms with van der Waals surface area (Å²) < 4.78 is 4.60. The van der Waals surface area contributed by atoms with Crippen LogP contribution in [0.3, 0.4) is 0 Å². The summed E-state index contributed by atoms with van der Waals surface area (Å²) in [7, 11) is 1.52. The summed E-state index contributed by atoms with van der Waals surface area (Å²) in [6, 6.07) is 0. The highest BCUT2D eigenvalue weighted by Gasteiger charge is 2.40. The fraction of sp³-hybridized carbons (Fsp3) is 1.00. The van der Waals surface area contributed by atoms with Crippen LogP contribution in [0, 0.1) is 0 Å². The van der Waals surface area contributed by atoms with Gasteiger partial charge in [-0.3, -0.25) is 0 Å². The lowest BCUT2D eigenvalue weighted by Gasteiger charge is -1.99. The van der Waals surface area contributed by atoms with Crippen molar-refractivity contribution in [2.45, 2.75) is 18.6 Å². The van der Waals surface area contributed by atoms with E-state index in [1.807, 2.05) is 0 Å². The SMILES string of the molecule is COC1(O)CC1. The molecule has 0 aliphatic heterocycles. The molecule has 0 unspecified atom stereocenters. The highest BCUT2D eigenvalue weighted by molar-refractivity contribution is 4.82. The Kier molecular flexibility index (Phi) is 0.648. The predicted octanol–water partition coefficient (Wildman–Crippen LogP) is 0.115. The van der Waals surface area contributed by atoms with E-state index >= 15 is 0 Å². The van der Waals surface area contributed by atoms with Crippen LogP contribution in [-0.4, -0.2) is 18.0 Å². The number of rotatable bonds is 1. The van der Waals surface area contributed by atoms with Gasteiger partial charge in [-0.1, -0.05) is 0 Å². The van der Waals surface area contributed by atoms with Gasteiger partial charge in [0.1, 0.15) is 0 Å². The Balaban J connectivity index is 2.28. The van der Waals surface area contributed by atoms with Gasteiger partial charge in [0.15, 0.2) is 5.79 Å². The fourth-order valence-electron chi connectivity index (χ4n) is 0.311. The van der Waals surface area contributed by atoms with E-state index in [1.165, 1.54) is 7.11 Å². The van der Waals surface area contributed by atoms with Crippen LogP contribution in [0.15, 0.2) is 0 Å². The van der Waals surface area contributed by atoms with Crippen molar-refractivity contribution in [1.82, 2.24) is 0 Å². The van der Waals surface area contributed by atoms with Crippen molar-refractivity contribution in [3.8, 4) is 0 Å². The van der Waals surface area contributed by atoms with Gasteiger partial charge in [0.2, 0.25) is 0 Å². The molecular formula is C4H8O2. The second kappa shape index (κ2) is 0.950. The van der Waals surface area contributed by atoms with Crippen LogP contribution in [0.1, 0.15) is 12.8 Å². The molecular weight excluding hydrogens is 80.0 g/mol. The van der Waals surface area contributed by atoms with Gasteiger partial charge in [-0.2, -0.15) is 0 Å². The van der Waals surface area contributed by atoms with Crippen molar-refractivity contribution in [3.63, 3.8) is 0 Å². The molecule has 0 spiro atoms. The molecule has 6 heavy (non-hydrogen) atoms. The molecule has 0 aromatic carbocycles. The first-order chi connectivity index (χ1) is 2.77. The van der Waals surface area contributed by atoms with Gasteiger partial charge >= 0.3 is 0 Å². The molecule has 0 atom stereocenters. The number of ether oxygens (including phenoxy) is 1. The van der Waals surface area contributed by atoms with Gasteiger partial charge in [0.05, 0.1) is 0 Å². The highest BCUT2D eigenvalue weighted by Crippen LogP contribution is 2.34. The third-order valence-corrected chi connectivity index (χ3v) is 1.06. The van der Waals surface area contributed by atoms with Gasteiger partial charge < -0.3 is 9.84 Å². The molecule has 2 nitrogen and oxygen atoms in total. The topological polar surface area (TPSA) is 29.5 Å². The van der Waals surface area contributed by atoms with Crippen LogP contribution in [0.5, 0.6) is 0 Å². The second-order valence-electron chi connectivity index (χ2n) is 1.65. The molecule has 1 saturated carbocycles. The summed E-state index contributed by atoms with van der Waals surface area (Å²) in [5.41, 5.74) is 0. The van der Waals surface area contributed by atoms with Gasteiger partial charge in [-0.05, 0) is 0 Å². The predicted molar refractivity (Wildman–Crippen MR) is 21.2 cm³/mol. The highest BCUT2D eigenvalue weighted by atomic mass is 16.6. The summed E-state index contributed by atoms with van der Waals surface area (Å²) >= 11 is 0. The molecule has 0 amide bonds. The van der Waals surface area contributed by atoms with Crippen molar-refractivity contribution in [2.75, 3.05) is 7.11 Å². The normalized spacial score (nSPS) is 27.0. The molecule has 36 valence electrons. The largest absolute Gasteiger partial charge is 0.365 e. The van der Waals surface area contributed by atoms with Gasteiger partial charge in [-0.25, -0.2) is 0 Å². The third-order valence-electron chi connectivity index (χ3n) is 1.06. The first-order valence-electron chi connectivity index (χ1n) is 2.04. The van der Waals surface area contributed by atoms with E-state index in [9.17, 15) is 0 Å². The Hall–Kier alpha value is -0.0800. The molecule has 1 N–H and O–H groups in total. The van der Waals surface area contributed by atoms with Crippen molar-refractivity contribution >= 4 is 0 Å². The third kappa shape index (κ3) is 0.533. The lowest BCUT2D eigenvalue weighted by atomic mass is 10.7. The molecule has 0 aromatic heterocycles. The molecule has 0 aromatic rings. The molecule has 0 radical (unpaired) electrons. The molecule has 0 bridgehead atoms. The van der Waals surface area contributed by atoms with Crippen LogP contribution >= 0.6 is 0 Å². The van der Waals surface area contributed by atoms with Crippen LogP contribution in [0.2, 0.25) is 0 Å². The zero-order valence-corrected chi connectivity index (χ0v) is 3.77. The number of methoxy groups -OCH3 is 1. The van der Waals surface area contributed by atoms with E-state index in [2.05, 4.69) is 4.74 Å². The van der Waals surface area contributed by atoms with Crippen LogP contribution in [-0.2, 0) is 4.74 Å². The first kappa shape index (κ1) is 4.09. The minimum absolute atomic E-state index is 0.708. The molecule has 1 rings (SSSR count). The number of aliphatic hydroxyl groups is 1. The zero-order chi connectivity index (χ0) is 4.62. The van der Waals surface area contributed by atoms with Crippen molar-refractivity contribution < 1.29 is 9.84 Å². The summed E-state index contributed by atoms with van der Waals surface area (Å²) in [6.07, 6.45) is 1.62. The molecule has 1 aliphatic rings. The lowest BCUT2D eigenvalue weighted by Crippen LogP contribution is -2.07. The molecule has 2 heteroatoms. The second-order valence-corrected chi connectivity index (χ2v) is 1.65. The Morgan fingerprint density at radius 1 is 1.67 bits per heavy atom. The minimum atomic E-state index is -0.708. The summed E-state index contributed by atoms with van der Waals surface area (Å²) in [5.74, 6) is -0.708. The Bertz CT molecular complexity index is 56.6. The van der Waals surface area contributed by atoms with Crippen LogP contribution in [0.4, 0.5) is 0 Å². The molecule has 1 aliphatic carbocycles. The number of hydrogen-bond acceptors (Lipinski definition) is 2. The van der Waals surface area contributed by atoms with Crippen molar-refractivity contribution in [1.29, 1.82) is 0 Å². The lowest BCUT2D eigenvalue weighted by molar-refractivity contribution is -0.100. The van der Waals surface area contributed by atoms with Gasteiger partial charge in [0.25, 0.3) is 0 Å². The van der Waals surface area contributed by atoms with E-state index in [0.717, 1.165) is 12.8 Å². The van der Waals surface area contributed by atoms with Crippen LogP contribution in [0.25, 0.3) is 0 Å². The summed E-state index contributed by atoms with van der Waals surface area (Å²) in [5, 5.41) is 8.72. The maximum atomic E-state index is 8.72. The Morgan fingerprint density at radius 3 is 2.17 bits per heavy atom. The summed E-state index contributed by atoms with van der Waals surface area (Å²) in [6.45, 7) is 0. The van der Waals surface area contributed by atoms with E-state index in [-0.39, 0.29) is 0 Å². The average molecular weight is 88.1 g/mol. The van der Waals surface area contributed by atoms with E-state index in [1.54, 1.807) is 0 Å². The van der Waals surface area contributed by atoms with Crippen molar-refractivity contribution in [2.24, 2.45) is 0 Å². The van der Waals surface area contributed by atoms with Gasteiger partial charge in [0, 0.05) is 20.0 Å². The smallest absolute Gasteiger partial charge is 0.165 e. The maximum absolute atomic E-state index is 8.72. The van der Waals surface area contributed by atoms with E-state index < -0.39 is 5.79 Å². The molecule has 0 heterocycles. The van der Waals surface area contributed by atoms with Crippen LogP contribution < -0.4 is 0 Å². The monoisotopic (exact) mass is 88.1 g/mol. The molecule has 1 fully saturated rings. The average Bonchev–Trinajstić information content (AvgIpc) is 2.22. The number of hydrogen-bond donors (Lipinski definition) is 1. The van der Waals surface area contributed by atoms with E-state index in [0.29, 0.717) is 0 Å². The quantitative estimate of drug-likeness (QED) is 0.461. The zero-order valence-electron chi connectivity index (χ0n) is 3.77. The standard InChI is InChI=1S/C4H8O2/c1-6-4(5)2-3-4/h5H,2-3H2,1H3. The summed E-state index contributed by atoms with van der Waals surface area (Å²) in [4.78, 5) is 0. The van der Waals surface area contributed by atoms with E-state index in [4.69, 9.17) is 5.11 Å². The Labute approximate surface area is 36.7 Å². The Morgan fingerprint density at radius 2 is 2.17 bits per heavy atom. The van der Waals surface area contributed by atoms with Gasteiger partial charge in [-0.15, -0.1) is 0 Å².